The molecule has 31 heavy (non-hydrogen) atoms. The summed E-state index contributed by atoms with van der Waals surface area (Å²) in [6, 6.07) is 16.2. The van der Waals surface area contributed by atoms with Crippen LogP contribution < -0.4 is 10.9 Å². The van der Waals surface area contributed by atoms with Gasteiger partial charge in [0.25, 0.3) is 11.5 Å². The molecule has 0 atom stereocenters. The number of rotatable bonds is 5. The molecule has 1 aromatic heterocycles. The van der Waals surface area contributed by atoms with Crippen LogP contribution in [0.2, 0.25) is 5.02 Å². The lowest BCUT2D eigenvalue weighted by Crippen LogP contribution is -2.29. The summed E-state index contributed by atoms with van der Waals surface area (Å²) in [4.78, 5) is 38.3. The SMILES string of the molecule is CN(C)C(=O)c1cc(C#N)cc(NC(=O)Cn2nc(-c3ccc(Cl)cc3)ccc2=O)c1. The molecule has 0 spiro atoms. The van der Waals surface area contributed by atoms with Gasteiger partial charge in [0.05, 0.1) is 17.3 Å². The van der Waals surface area contributed by atoms with Crippen molar-refractivity contribution in [2.75, 3.05) is 19.4 Å². The summed E-state index contributed by atoms with van der Waals surface area (Å²) in [5, 5.41) is 16.6. The molecule has 0 aliphatic heterocycles. The summed E-state index contributed by atoms with van der Waals surface area (Å²) in [7, 11) is 3.18. The van der Waals surface area contributed by atoms with Gasteiger partial charge in [0.1, 0.15) is 6.54 Å². The van der Waals surface area contributed by atoms with E-state index in [1.165, 1.54) is 29.2 Å². The van der Waals surface area contributed by atoms with Gasteiger partial charge in [-0.25, -0.2) is 4.68 Å². The molecule has 0 aliphatic carbocycles. The van der Waals surface area contributed by atoms with Crippen LogP contribution in [-0.4, -0.2) is 40.6 Å². The lowest BCUT2D eigenvalue weighted by molar-refractivity contribution is -0.117. The van der Waals surface area contributed by atoms with E-state index in [1.807, 2.05) is 6.07 Å². The molecule has 0 fully saturated rings. The minimum Gasteiger partial charge on any atom is -0.345 e. The summed E-state index contributed by atoms with van der Waals surface area (Å²) >= 11 is 5.90. The molecule has 3 rings (SSSR count). The molecule has 156 valence electrons. The van der Waals surface area contributed by atoms with Crippen LogP contribution >= 0.6 is 11.6 Å². The first-order valence-corrected chi connectivity index (χ1v) is 9.55. The number of halogens is 1. The van der Waals surface area contributed by atoms with Gasteiger partial charge in [0.15, 0.2) is 0 Å². The fraction of sp³-hybridized carbons (Fsp3) is 0.136. The smallest absolute Gasteiger partial charge is 0.267 e. The van der Waals surface area contributed by atoms with Gasteiger partial charge < -0.3 is 10.2 Å². The van der Waals surface area contributed by atoms with Crippen molar-refractivity contribution in [1.82, 2.24) is 14.7 Å². The second kappa shape index (κ2) is 9.24. The number of amides is 2. The Balaban J connectivity index is 1.83. The molecule has 0 unspecified atom stereocenters. The molecule has 2 aromatic carbocycles. The van der Waals surface area contributed by atoms with Gasteiger partial charge >= 0.3 is 0 Å². The van der Waals surface area contributed by atoms with Crippen LogP contribution in [0.1, 0.15) is 15.9 Å². The van der Waals surface area contributed by atoms with Crippen molar-refractivity contribution >= 4 is 29.1 Å². The number of hydrogen-bond donors (Lipinski definition) is 1. The number of carbonyl (C=O) groups excluding carboxylic acids is 2. The number of nitrogens with zero attached hydrogens (tertiary/aromatic N) is 4. The van der Waals surface area contributed by atoms with Gasteiger partial charge in [-0.05, 0) is 36.4 Å². The number of hydrogen-bond acceptors (Lipinski definition) is 5. The van der Waals surface area contributed by atoms with Crippen molar-refractivity contribution in [2.45, 2.75) is 6.54 Å². The molecule has 0 bridgehead atoms. The van der Waals surface area contributed by atoms with Gasteiger partial charge in [-0.1, -0.05) is 23.7 Å². The molecule has 0 saturated carbocycles. The van der Waals surface area contributed by atoms with Gasteiger partial charge in [0.2, 0.25) is 5.91 Å². The quantitative estimate of drug-likeness (QED) is 0.662. The summed E-state index contributed by atoms with van der Waals surface area (Å²) in [5.41, 5.74) is 1.57. The van der Waals surface area contributed by atoms with Gasteiger partial charge in [-0.3, -0.25) is 14.4 Å². The fourth-order valence-corrected chi connectivity index (χ4v) is 2.95. The van der Waals surface area contributed by atoms with Crippen LogP contribution in [0.5, 0.6) is 0 Å². The van der Waals surface area contributed by atoms with E-state index >= 15 is 0 Å². The van der Waals surface area contributed by atoms with Crippen LogP contribution in [0.25, 0.3) is 11.3 Å². The van der Waals surface area contributed by atoms with Crippen molar-refractivity contribution in [2.24, 2.45) is 0 Å². The molecule has 9 heteroatoms. The molecule has 3 aromatic rings. The molecule has 2 amide bonds. The highest BCUT2D eigenvalue weighted by Crippen LogP contribution is 2.19. The lowest BCUT2D eigenvalue weighted by atomic mass is 10.1. The molecular weight excluding hydrogens is 418 g/mol. The topological polar surface area (TPSA) is 108 Å². The van der Waals surface area contributed by atoms with E-state index in [0.717, 1.165) is 10.2 Å². The number of nitrogens with one attached hydrogen (secondary N) is 1. The Morgan fingerprint density at radius 1 is 1.13 bits per heavy atom. The molecular formula is C22H18ClN5O3. The second-order valence-corrected chi connectivity index (χ2v) is 7.32. The van der Waals surface area contributed by atoms with Crippen LogP contribution in [0.15, 0.2) is 59.4 Å². The predicted octanol–water partition coefficient (Wildman–Crippen LogP) is 2.78. The van der Waals surface area contributed by atoms with Crippen molar-refractivity contribution in [3.05, 3.63) is 81.1 Å². The maximum Gasteiger partial charge on any atom is 0.267 e. The minimum absolute atomic E-state index is 0.225. The van der Waals surface area contributed by atoms with E-state index < -0.39 is 11.5 Å². The van der Waals surface area contributed by atoms with E-state index in [0.29, 0.717) is 10.7 Å². The van der Waals surface area contributed by atoms with Crippen LogP contribution in [0, 0.1) is 11.3 Å². The number of anilines is 1. The Bertz CT molecular complexity index is 1240. The van der Waals surface area contributed by atoms with Gasteiger partial charge in [0, 0.05) is 42.0 Å². The first-order chi connectivity index (χ1) is 14.8. The Kier molecular flexibility index (Phi) is 6.48. The van der Waals surface area contributed by atoms with Gasteiger partial charge in [-0.15, -0.1) is 0 Å². The van der Waals surface area contributed by atoms with E-state index in [-0.39, 0.29) is 29.3 Å². The Morgan fingerprint density at radius 2 is 1.84 bits per heavy atom. The normalized spacial score (nSPS) is 10.3. The highest BCUT2D eigenvalue weighted by Gasteiger charge is 2.13. The van der Waals surface area contributed by atoms with Gasteiger partial charge in [-0.2, -0.15) is 10.4 Å². The van der Waals surface area contributed by atoms with E-state index in [9.17, 15) is 19.6 Å². The van der Waals surface area contributed by atoms with Crippen molar-refractivity contribution in [3.8, 4) is 17.3 Å². The van der Waals surface area contributed by atoms with Crippen molar-refractivity contribution in [3.63, 3.8) is 0 Å². The number of aromatic nitrogens is 2. The third-order valence-electron chi connectivity index (χ3n) is 4.30. The largest absolute Gasteiger partial charge is 0.345 e. The van der Waals surface area contributed by atoms with Crippen LogP contribution in [0.3, 0.4) is 0 Å². The second-order valence-electron chi connectivity index (χ2n) is 6.88. The zero-order valence-corrected chi connectivity index (χ0v) is 17.6. The Morgan fingerprint density at radius 3 is 2.48 bits per heavy atom. The maximum atomic E-state index is 12.5. The molecule has 8 nitrogen and oxygen atoms in total. The number of carbonyl (C=O) groups is 2. The number of benzene rings is 2. The maximum absolute atomic E-state index is 12.5. The molecule has 1 N–H and O–H groups in total. The first-order valence-electron chi connectivity index (χ1n) is 9.17. The molecule has 0 saturated heterocycles. The summed E-state index contributed by atoms with van der Waals surface area (Å²) in [6.07, 6.45) is 0. The van der Waals surface area contributed by atoms with Crippen molar-refractivity contribution < 1.29 is 9.59 Å². The highest BCUT2D eigenvalue weighted by molar-refractivity contribution is 6.30. The summed E-state index contributed by atoms with van der Waals surface area (Å²) < 4.78 is 1.04. The minimum atomic E-state index is -0.527. The summed E-state index contributed by atoms with van der Waals surface area (Å²) in [6.45, 7) is -0.339. The average Bonchev–Trinajstić information content (AvgIpc) is 2.75. The number of nitriles is 1. The van der Waals surface area contributed by atoms with Crippen LogP contribution in [-0.2, 0) is 11.3 Å². The van der Waals surface area contributed by atoms with E-state index in [2.05, 4.69) is 10.4 Å². The molecule has 0 radical (unpaired) electrons. The monoisotopic (exact) mass is 435 g/mol. The van der Waals surface area contributed by atoms with Crippen molar-refractivity contribution in [1.29, 1.82) is 5.26 Å². The van der Waals surface area contributed by atoms with E-state index in [1.54, 1.807) is 44.4 Å². The highest BCUT2D eigenvalue weighted by atomic mass is 35.5. The molecule has 0 aliphatic rings. The third-order valence-corrected chi connectivity index (χ3v) is 4.55. The standard InChI is InChI=1S/C22H18ClN5O3/c1-27(2)22(31)16-9-14(12-24)10-18(11-16)25-20(29)13-28-21(30)8-7-19(26-28)15-3-5-17(23)6-4-15/h3-11H,13H2,1-2H3,(H,25,29). The Hall–Kier alpha value is -3.96. The molecule has 1 heterocycles. The average molecular weight is 436 g/mol. The predicted molar refractivity (Wildman–Crippen MR) is 117 cm³/mol. The lowest BCUT2D eigenvalue weighted by Gasteiger charge is -2.13. The third kappa shape index (κ3) is 5.35. The zero-order valence-electron chi connectivity index (χ0n) is 16.8. The summed E-state index contributed by atoms with van der Waals surface area (Å²) in [5.74, 6) is -0.831. The van der Waals surface area contributed by atoms with Crippen LogP contribution in [0.4, 0.5) is 5.69 Å². The Labute approximate surface area is 183 Å². The zero-order chi connectivity index (χ0) is 22.5. The van der Waals surface area contributed by atoms with E-state index in [4.69, 9.17) is 11.6 Å². The first kappa shape index (κ1) is 21.7. The fourth-order valence-electron chi connectivity index (χ4n) is 2.82.